The molecule has 7 nitrogen and oxygen atoms in total. The van der Waals surface area contributed by atoms with Crippen molar-refractivity contribution in [3.05, 3.63) is 106 Å². The van der Waals surface area contributed by atoms with E-state index in [9.17, 15) is 35.9 Å². The molecule has 44 heavy (non-hydrogen) atoms. The van der Waals surface area contributed by atoms with Crippen molar-refractivity contribution in [2.24, 2.45) is 11.7 Å². The van der Waals surface area contributed by atoms with E-state index in [4.69, 9.17) is 5.73 Å². The molecule has 3 atom stereocenters. The number of primary amides is 1. The first-order chi connectivity index (χ1) is 20.9. The normalized spacial score (nSPS) is 17.9. The predicted octanol–water partition coefficient (Wildman–Crippen LogP) is 5.63. The molecule has 2 aromatic heterocycles. The Morgan fingerprint density at radius 2 is 1.82 bits per heavy atom. The van der Waals surface area contributed by atoms with Crippen molar-refractivity contribution in [3.8, 4) is 11.1 Å². The van der Waals surface area contributed by atoms with Crippen molar-refractivity contribution >= 4 is 11.8 Å². The van der Waals surface area contributed by atoms with Crippen molar-refractivity contribution in [2.75, 3.05) is 0 Å². The Hall–Kier alpha value is -4.68. The zero-order valence-electron chi connectivity index (χ0n) is 23.0. The van der Waals surface area contributed by atoms with E-state index in [0.29, 0.717) is 29.3 Å². The van der Waals surface area contributed by atoms with Gasteiger partial charge in [-0.1, -0.05) is 12.1 Å². The van der Waals surface area contributed by atoms with Crippen LogP contribution in [0.15, 0.2) is 54.7 Å². The fourth-order valence-electron chi connectivity index (χ4n) is 6.13. The van der Waals surface area contributed by atoms with Gasteiger partial charge in [0.05, 0.1) is 17.3 Å². The topological polar surface area (TPSA) is 103 Å². The van der Waals surface area contributed by atoms with Crippen LogP contribution in [0.2, 0.25) is 0 Å². The van der Waals surface area contributed by atoms with Gasteiger partial charge >= 0.3 is 6.18 Å². The number of carbonyl (C=O) groups is 2. The average Bonchev–Trinajstić information content (AvgIpc) is 3.65. The Morgan fingerprint density at radius 1 is 1.07 bits per heavy atom. The first-order valence-corrected chi connectivity index (χ1v) is 13.8. The lowest BCUT2D eigenvalue weighted by molar-refractivity contribution is -0.142. The van der Waals surface area contributed by atoms with Gasteiger partial charge in [0, 0.05) is 35.0 Å². The SMILES string of the molecule is NC(=O)c1cc(-c2cccnc2[C@H](Cc2cc(F)cc(F)c2)NC(=O)Cn2nc(C(F)(F)F)c3c2C2CC2CC3)ccc1F. The maximum atomic E-state index is 14.2. The number of carbonyl (C=O) groups excluding carboxylic acids is 2. The number of nitrogens with one attached hydrogen (secondary N) is 1. The summed E-state index contributed by atoms with van der Waals surface area (Å²) in [6, 6.07) is 8.62. The third kappa shape index (κ3) is 5.78. The van der Waals surface area contributed by atoms with Gasteiger partial charge in [0.1, 0.15) is 24.0 Å². The molecule has 2 aliphatic rings. The summed E-state index contributed by atoms with van der Waals surface area (Å²) in [7, 11) is 0. The number of fused-ring (bicyclic) bond motifs is 3. The number of pyridine rings is 1. The molecule has 6 rings (SSSR count). The van der Waals surface area contributed by atoms with Crippen LogP contribution in [0.25, 0.3) is 11.1 Å². The number of amides is 2. The Balaban J connectivity index is 1.37. The number of nitrogens with zero attached hydrogens (tertiary/aromatic N) is 3. The van der Waals surface area contributed by atoms with Gasteiger partial charge in [0.2, 0.25) is 5.91 Å². The van der Waals surface area contributed by atoms with Crippen LogP contribution in [0.4, 0.5) is 26.3 Å². The second kappa shape index (κ2) is 11.1. The van der Waals surface area contributed by atoms with Gasteiger partial charge in [-0.3, -0.25) is 19.3 Å². The molecule has 1 saturated carbocycles. The summed E-state index contributed by atoms with van der Waals surface area (Å²) in [5.41, 5.74) is 5.51. The highest BCUT2D eigenvalue weighted by molar-refractivity contribution is 5.94. The first kappa shape index (κ1) is 29.4. The third-order valence-electron chi connectivity index (χ3n) is 8.10. The second-order valence-corrected chi connectivity index (χ2v) is 11.1. The molecule has 2 unspecified atom stereocenters. The molecule has 13 heteroatoms. The van der Waals surface area contributed by atoms with E-state index < -0.39 is 53.7 Å². The molecule has 4 aromatic rings. The van der Waals surface area contributed by atoms with Gasteiger partial charge < -0.3 is 11.1 Å². The number of nitrogens with two attached hydrogens (primary N) is 1. The van der Waals surface area contributed by atoms with E-state index in [1.807, 2.05) is 0 Å². The molecule has 2 aromatic carbocycles. The van der Waals surface area contributed by atoms with E-state index in [-0.39, 0.29) is 47.1 Å². The van der Waals surface area contributed by atoms with Crippen LogP contribution in [0.5, 0.6) is 0 Å². The predicted molar refractivity (Wildman–Crippen MR) is 145 cm³/mol. The number of hydrogen-bond donors (Lipinski definition) is 2. The van der Waals surface area contributed by atoms with E-state index in [0.717, 1.165) is 29.3 Å². The van der Waals surface area contributed by atoms with E-state index >= 15 is 0 Å². The maximum Gasteiger partial charge on any atom is 0.435 e. The molecule has 1 fully saturated rings. The second-order valence-electron chi connectivity index (χ2n) is 11.1. The summed E-state index contributed by atoms with van der Waals surface area (Å²) < 4.78 is 85.0. The van der Waals surface area contributed by atoms with E-state index in [1.54, 1.807) is 12.1 Å². The summed E-state index contributed by atoms with van der Waals surface area (Å²) in [6.07, 6.45) is -1.84. The van der Waals surface area contributed by atoms with Crippen LogP contribution < -0.4 is 11.1 Å². The first-order valence-electron chi connectivity index (χ1n) is 13.8. The van der Waals surface area contributed by atoms with Crippen molar-refractivity contribution in [1.82, 2.24) is 20.1 Å². The lowest BCUT2D eigenvalue weighted by Crippen LogP contribution is -2.34. The molecule has 0 saturated heterocycles. The van der Waals surface area contributed by atoms with Gasteiger partial charge in [-0.05, 0) is 73.1 Å². The van der Waals surface area contributed by atoms with Crippen LogP contribution in [-0.2, 0) is 30.4 Å². The minimum Gasteiger partial charge on any atom is -0.366 e. The summed E-state index contributed by atoms with van der Waals surface area (Å²) >= 11 is 0. The van der Waals surface area contributed by atoms with Crippen molar-refractivity contribution < 1.29 is 35.9 Å². The summed E-state index contributed by atoms with van der Waals surface area (Å²) in [6.45, 7) is -0.528. The highest BCUT2D eigenvalue weighted by Crippen LogP contribution is 2.56. The van der Waals surface area contributed by atoms with Crippen molar-refractivity contribution in [2.45, 2.75) is 50.4 Å². The van der Waals surface area contributed by atoms with Gasteiger partial charge in [-0.15, -0.1) is 0 Å². The van der Waals surface area contributed by atoms with Crippen LogP contribution in [-0.4, -0.2) is 26.6 Å². The van der Waals surface area contributed by atoms with Gasteiger partial charge in [0.15, 0.2) is 5.69 Å². The number of benzene rings is 2. The van der Waals surface area contributed by atoms with Crippen LogP contribution in [0.1, 0.15) is 63.4 Å². The number of hydrogen-bond acceptors (Lipinski definition) is 4. The van der Waals surface area contributed by atoms with Crippen molar-refractivity contribution in [1.29, 1.82) is 0 Å². The molecule has 3 N–H and O–H groups in total. The molecular weight excluding hydrogens is 588 g/mol. The van der Waals surface area contributed by atoms with Crippen LogP contribution >= 0.6 is 0 Å². The van der Waals surface area contributed by atoms with Gasteiger partial charge in [-0.25, -0.2) is 13.2 Å². The maximum absolute atomic E-state index is 14.2. The molecule has 2 amide bonds. The highest BCUT2D eigenvalue weighted by atomic mass is 19.4. The van der Waals surface area contributed by atoms with Gasteiger partial charge in [0.25, 0.3) is 5.91 Å². The number of halogens is 6. The lowest BCUT2D eigenvalue weighted by atomic mass is 9.94. The highest BCUT2D eigenvalue weighted by Gasteiger charge is 2.49. The Morgan fingerprint density at radius 3 is 2.52 bits per heavy atom. The molecule has 0 radical (unpaired) electrons. The lowest BCUT2D eigenvalue weighted by Gasteiger charge is -2.22. The van der Waals surface area contributed by atoms with Crippen LogP contribution in [0.3, 0.4) is 0 Å². The smallest absolute Gasteiger partial charge is 0.366 e. The fraction of sp³-hybridized carbons (Fsp3) is 0.290. The minimum atomic E-state index is -4.68. The molecule has 0 aliphatic heterocycles. The molecule has 0 bridgehead atoms. The molecular formula is C31H25F6N5O2. The quantitative estimate of drug-likeness (QED) is 0.252. The van der Waals surface area contributed by atoms with Gasteiger partial charge in [-0.2, -0.15) is 18.3 Å². The van der Waals surface area contributed by atoms with Crippen molar-refractivity contribution in [3.63, 3.8) is 0 Å². The monoisotopic (exact) mass is 613 g/mol. The Bertz CT molecular complexity index is 1770. The third-order valence-corrected chi connectivity index (χ3v) is 8.10. The summed E-state index contributed by atoms with van der Waals surface area (Å²) in [5.74, 6) is -4.09. The number of rotatable bonds is 8. The molecule has 2 heterocycles. The zero-order chi connectivity index (χ0) is 31.3. The van der Waals surface area contributed by atoms with E-state index in [2.05, 4.69) is 15.4 Å². The average molecular weight is 614 g/mol. The Labute approximate surface area is 247 Å². The number of alkyl halides is 3. The molecule has 0 spiro atoms. The van der Waals surface area contributed by atoms with E-state index in [1.165, 1.54) is 18.3 Å². The minimum absolute atomic E-state index is 0.0958. The number of aromatic nitrogens is 3. The standard InChI is InChI=1S/C31H25F6N5O2/c32-18-8-15(9-19(33)13-18)10-25(27-20(2-1-7-39-27)16-4-6-24(34)23(12-16)30(38)44)40-26(43)14-42-28-21(5-3-17-11-22(17)28)29(41-42)31(35,36)37/h1-2,4,6-9,12-13,17,22,25H,3,5,10-11,14H2,(H2,38,44)(H,40,43)/t17?,22?,25-/m0/s1. The fourth-order valence-corrected chi connectivity index (χ4v) is 6.13. The Kier molecular flexibility index (Phi) is 7.42. The summed E-state index contributed by atoms with van der Waals surface area (Å²) in [4.78, 5) is 29.7. The zero-order valence-corrected chi connectivity index (χ0v) is 23.0. The largest absolute Gasteiger partial charge is 0.435 e. The summed E-state index contributed by atoms with van der Waals surface area (Å²) in [5, 5.41) is 6.56. The molecule has 228 valence electrons. The van der Waals surface area contributed by atoms with Crippen LogP contribution in [0, 0.1) is 23.4 Å². The molecule has 2 aliphatic carbocycles.